The van der Waals surface area contributed by atoms with Gasteiger partial charge in [-0.3, -0.25) is 4.79 Å². The quantitative estimate of drug-likeness (QED) is 0.840. The van der Waals surface area contributed by atoms with Gasteiger partial charge >= 0.3 is 0 Å². The highest BCUT2D eigenvalue weighted by Crippen LogP contribution is 2.18. The van der Waals surface area contributed by atoms with Crippen LogP contribution in [0.5, 0.6) is 0 Å². The van der Waals surface area contributed by atoms with Crippen LogP contribution in [-0.2, 0) is 4.79 Å². The van der Waals surface area contributed by atoms with Gasteiger partial charge in [0.2, 0.25) is 5.91 Å². The number of benzene rings is 1. The smallest absolute Gasteiger partial charge is 0.248 e. The summed E-state index contributed by atoms with van der Waals surface area (Å²) in [5.41, 5.74) is 2.55. The van der Waals surface area contributed by atoms with Gasteiger partial charge in [0.15, 0.2) is 0 Å². The van der Waals surface area contributed by atoms with Crippen molar-refractivity contribution in [2.45, 2.75) is 13.8 Å². The molecule has 4 nitrogen and oxygen atoms in total. The second-order valence-electron chi connectivity index (χ2n) is 4.18. The molecule has 0 saturated heterocycles. The Balaban J connectivity index is 2.29. The highest BCUT2D eigenvalue weighted by atomic mass is 16.1. The molecule has 2 aromatic rings. The van der Waals surface area contributed by atoms with Gasteiger partial charge in [-0.1, -0.05) is 17.7 Å². The topological polar surface area (TPSA) is 46.9 Å². The number of nitrogens with zero attached hydrogens (tertiary/aromatic N) is 2. The Bertz CT molecular complexity index is 566. The second kappa shape index (κ2) is 5.31. The zero-order valence-corrected chi connectivity index (χ0v) is 10.4. The molecular weight excluding hydrogens is 226 g/mol. The van der Waals surface area contributed by atoms with Crippen molar-refractivity contribution in [1.29, 1.82) is 0 Å². The highest BCUT2D eigenvalue weighted by Gasteiger charge is 2.06. The largest absolute Gasteiger partial charge is 0.321 e. The van der Waals surface area contributed by atoms with Gasteiger partial charge in [0, 0.05) is 18.5 Å². The number of carbonyl (C=O) groups is 1. The van der Waals surface area contributed by atoms with Gasteiger partial charge < -0.3 is 5.32 Å². The first-order valence-corrected chi connectivity index (χ1v) is 5.72. The molecule has 0 fully saturated rings. The minimum atomic E-state index is -0.130. The average Bonchev–Trinajstić information content (AvgIpc) is 2.81. The molecule has 0 aliphatic carbocycles. The van der Waals surface area contributed by atoms with Crippen molar-refractivity contribution in [2.75, 3.05) is 5.32 Å². The number of allylic oxidation sites excluding steroid dienone is 1. The molecule has 0 atom stereocenters. The number of hydrogen-bond donors (Lipinski definition) is 1. The van der Waals surface area contributed by atoms with Gasteiger partial charge in [-0.25, -0.2) is 4.68 Å². The van der Waals surface area contributed by atoms with Crippen LogP contribution < -0.4 is 5.32 Å². The molecule has 1 aromatic heterocycles. The van der Waals surface area contributed by atoms with Crippen molar-refractivity contribution in [3.8, 4) is 5.69 Å². The highest BCUT2D eigenvalue weighted by molar-refractivity contribution is 6.00. The van der Waals surface area contributed by atoms with E-state index in [1.165, 1.54) is 0 Å². The van der Waals surface area contributed by atoms with Crippen molar-refractivity contribution >= 4 is 11.6 Å². The van der Waals surface area contributed by atoms with Crippen molar-refractivity contribution < 1.29 is 4.79 Å². The first kappa shape index (κ1) is 12.1. The molecule has 92 valence electrons. The summed E-state index contributed by atoms with van der Waals surface area (Å²) >= 11 is 0. The number of hydrogen-bond acceptors (Lipinski definition) is 2. The van der Waals surface area contributed by atoms with Crippen LogP contribution in [0.15, 0.2) is 54.4 Å². The van der Waals surface area contributed by atoms with E-state index in [0.717, 1.165) is 16.9 Å². The molecule has 1 heterocycles. The van der Waals surface area contributed by atoms with E-state index in [0.29, 0.717) is 0 Å². The van der Waals surface area contributed by atoms with Gasteiger partial charge in [-0.05, 0) is 32.0 Å². The lowest BCUT2D eigenvalue weighted by molar-refractivity contribution is -0.111. The zero-order chi connectivity index (χ0) is 13.0. The molecule has 1 amide bonds. The molecule has 1 N–H and O–H groups in total. The van der Waals surface area contributed by atoms with Crippen LogP contribution in [0.4, 0.5) is 5.69 Å². The lowest BCUT2D eigenvalue weighted by Gasteiger charge is -2.09. The van der Waals surface area contributed by atoms with E-state index in [4.69, 9.17) is 0 Å². The fraction of sp³-hybridized carbons (Fsp3) is 0.143. The first-order chi connectivity index (χ1) is 8.66. The fourth-order valence-corrected chi connectivity index (χ4v) is 1.62. The van der Waals surface area contributed by atoms with Crippen molar-refractivity contribution in [3.63, 3.8) is 0 Å². The van der Waals surface area contributed by atoms with Crippen LogP contribution in [-0.4, -0.2) is 15.7 Å². The minimum absolute atomic E-state index is 0.130. The maximum absolute atomic E-state index is 11.7. The van der Waals surface area contributed by atoms with Crippen LogP contribution in [0.2, 0.25) is 0 Å². The summed E-state index contributed by atoms with van der Waals surface area (Å²) in [6.45, 7) is 3.78. The third-order valence-corrected chi connectivity index (χ3v) is 2.33. The molecule has 4 heteroatoms. The minimum Gasteiger partial charge on any atom is -0.321 e. The standard InChI is InChI=1S/C14H15N3O/c1-11(2)10-14(18)16-12-6-3-4-7-13(12)17-9-5-8-15-17/h3-10H,1-2H3,(H,16,18). The Labute approximate surface area is 106 Å². The Hall–Kier alpha value is -2.36. The fourth-order valence-electron chi connectivity index (χ4n) is 1.62. The summed E-state index contributed by atoms with van der Waals surface area (Å²) in [7, 11) is 0. The third-order valence-electron chi connectivity index (χ3n) is 2.33. The van der Waals surface area contributed by atoms with Crippen molar-refractivity contribution in [2.24, 2.45) is 0 Å². The maximum Gasteiger partial charge on any atom is 0.248 e. The van der Waals surface area contributed by atoms with Gasteiger partial charge in [0.1, 0.15) is 0 Å². The number of aromatic nitrogens is 2. The summed E-state index contributed by atoms with van der Waals surface area (Å²) in [5, 5.41) is 7.02. The molecule has 0 bridgehead atoms. The van der Waals surface area contributed by atoms with Gasteiger partial charge in [-0.15, -0.1) is 0 Å². The summed E-state index contributed by atoms with van der Waals surface area (Å²) in [4.78, 5) is 11.7. The third kappa shape index (κ3) is 2.85. The van der Waals surface area contributed by atoms with E-state index >= 15 is 0 Å². The molecule has 1 aromatic carbocycles. The van der Waals surface area contributed by atoms with Gasteiger partial charge in [0.05, 0.1) is 11.4 Å². The molecule has 0 spiro atoms. The van der Waals surface area contributed by atoms with Crippen molar-refractivity contribution in [3.05, 3.63) is 54.4 Å². The van der Waals surface area contributed by atoms with Crippen LogP contribution in [0.1, 0.15) is 13.8 Å². The van der Waals surface area contributed by atoms with Gasteiger partial charge in [0.25, 0.3) is 0 Å². The summed E-state index contributed by atoms with van der Waals surface area (Å²) in [6, 6.07) is 9.40. The summed E-state index contributed by atoms with van der Waals surface area (Å²) in [5.74, 6) is -0.130. The van der Waals surface area contributed by atoms with E-state index in [1.54, 1.807) is 17.0 Å². The number of rotatable bonds is 3. The number of nitrogens with one attached hydrogen (secondary N) is 1. The Morgan fingerprint density at radius 1 is 1.28 bits per heavy atom. The van der Waals surface area contributed by atoms with Gasteiger partial charge in [-0.2, -0.15) is 5.10 Å². The number of anilines is 1. The van der Waals surface area contributed by atoms with E-state index in [-0.39, 0.29) is 5.91 Å². The monoisotopic (exact) mass is 241 g/mol. The van der Waals surface area contributed by atoms with Crippen LogP contribution in [0.3, 0.4) is 0 Å². The number of amides is 1. The normalized spacial score (nSPS) is 9.89. The predicted octanol–water partition coefficient (Wildman–Crippen LogP) is 2.78. The Morgan fingerprint density at radius 3 is 2.72 bits per heavy atom. The molecule has 0 radical (unpaired) electrons. The molecule has 18 heavy (non-hydrogen) atoms. The zero-order valence-electron chi connectivity index (χ0n) is 10.4. The van der Waals surface area contributed by atoms with E-state index in [2.05, 4.69) is 10.4 Å². The van der Waals surface area contributed by atoms with Crippen LogP contribution in [0.25, 0.3) is 5.69 Å². The molecule has 0 aliphatic heterocycles. The van der Waals surface area contributed by atoms with E-state index < -0.39 is 0 Å². The molecular formula is C14H15N3O. The summed E-state index contributed by atoms with van der Waals surface area (Å²) in [6.07, 6.45) is 5.11. The Morgan fingerprint density at radius 2 is 2.06 bits per heavy atom. The summed E-state index contributed by atoms with van der Waals surface area (Å²) < 4.78 is 1.72. The molecule has 0 aliphatic rings. The lowest BCUT2D eigenvalue weighted by atomic mass is 10.2. The average molecular weight is 241 g/mol. The van der Waals surface area contributed by atoms with Crippen LogP contribution >= 0.6 is 0 Å². The number of para-hydroxylation sites is 2. The number of carbonyl (C=O) groups excluding carboxylic acids is 1. The second-order valence-corrected chi connectivity index (χ2v) is 4.18. The van der Waals surface area contributed by atoms with E-state index in [1.807, 2.05) is 50.4 Å². The maximum atomic E-state index is 11.7. The predicted molar refractivity (Wildman–Crippen MR) is 71.6 cm³/mol. The van der Waals surface area contributed by atoms with Crippen LogP contribution in [0, 0.1) is 0 Å². The van der Waals surface area contributed by atoms with E-state index in [9.17, 15) is 4.79 Å². The lowest BCUT2D eigenvalue weighted by Crippen LogP contribution is -2.11. The Kier molecular flexibility index (Phi) is 3.57. The first-order valence-electron chi connectivity index (χ1n) is 5.72. The SMILES string of the molecule is CC(C)=CC(=O)Nc1ccccc1-n1cccn1. The molecule has 0 saturated carbocycles. The van der Waals surface area contributed by atoms with Crippen molar-refractivity contribution in [1.82, 2.24) is 9.78 Å². The molecule has 2 rings (SSSR count). The molecule has 0 unspecified atom stereocenters.